The van der Waals surface area contributed by atoms with Crippen molar-refractivity contribution in [2.45, 2.75) is 91.1 Å². The molecular weight excluding hydrogens is 450 g/mol. The minimum absolute atomic E-state index is 0.0885. The Morgan fingerprint density at radius 3 is 2.32 bits per heavy atom. The summed E-state index contributed by atoms with van der Waals surface area (Å²) in [5.41, 5.74) is -0.892. The van der Waals surface area contributed by atoms with Gasteiger partial charge in [0, 0.05) is 5.25 Å². The van der Waals surface area contributed by atoms with E-state index in [-0.39, 0.29) is 11.8 Å². The van der Waals surface area contributed by atoms with Gasteiger partial charge in [-0.1, -0.05) is 34.6 Å². The molecular formula is C23H41NO4S3. The SMILES string of the molecule is CCCSCCC(SCCC)C(C)(C)CC(C)(C)C(=O)ON1C(=O)CC(SCC)C1=O. The van der Waals surface area contributed by atoms with Crippen LogP contribution in [0.15, 0.2) is 0 Å². The van der Waals surface area contributed by atoms with Gasteiger partial charge in [-0.25, -0.2) is 4.79 Å². The fraction of sp³-hybridized carbons (Fsp3) is 0.870. The summed E-state index contributed by atoms with van der Waals surface area (Å²) in [7, 11) is 0. The van der Waals surface area contributed by atoms with Gasteiger partial charge in [-0.2, -0.15) is 23.5 Å². The van der Waals surface area contributed by atoms with E-state index in [9.17, 15) is 14.4 Å². The maximum Gasteiger partial charge on any atom is 0.338 e. The molecule has 0 N–H and O–H groups in total. The van der Waals surface area contributed by atoms with E-state index >= 15 is 0 Å². The molecule has 0 spiro atoms. The second kappa shape index (κ2) is 13.4. The van der Waals surface area contributed by atoms with Crippen LogP contribution in [0.4, 0.5) is 0 Å². The number of hydrogen-bond acceptors (Lipinski definition) is 7. The summed E-state index contributed by atoms with van der Waals surface area (Å²) < 4.78 is 0. The zero-order valence-electron chi connectivity index (χ0n) is 20.3. The monoisotopic (exact) mass is 491 g/mol. The Kier molecular flexibility index (Phi) is 12.4. The first-order valence-corrected chi connectivity index (χ1v) is 14.7. The van der Waals surface area contributed by atoms with Crippen molar-refractivity contribution >= 4 is 53.1 Å². The lowest BCUT2D eigenvalue weighted by Crippen LogP contribution is -2.42. The molecule has 0 aromatic rings. The highest BCUT2D eigenvalue weighted by molar-refractivity contribution is 8.00. The fourth-order valence-corrected chi connectivity index (χ4v) is 7.22. The van der Waals surface area contributed by atoms with E-state index in [0.29, 0.717) is 16.7 Å². The van der Waals surface area contributed by atoms with Gasteiger partial charge >= 0.3 is 5.97 Å². The lowest BCUT2D eigenvalue weighted by Gasteiger charge is -2.39. The van der Waals surface area contributed by atoms with Crippen molar-refractivity contribution in [2.24, 2.45) is 10.8 Å². The number of carbonyl (C=O) groups excluding carboxylic acids is 3. The highest BCUT2D eigenvalue weighted by Gasteiger charge is 2.45. The fourth-order valence-electron chi connectivity index (χ4n) is 3.94. The molecule has 0 aromatic heterocycles. The summed E-state index contributed by atoms with van der Waals surface area (Å²) >= 11 is 5.40. The topological polar surface area (TPSA) is 63.7 Å². The molecule has 1 aliphatic heterocycles. The summed E-state index contributed by atoms with van der Waals surface area (Å²) in [5, 5.41) is 0.694. The van der Waals surface area contributed by atoms with E-state index in [1.54, 1.807) is 0 Å². The highest BCUT2D eigenvalue weighted by Crippen LogP contribution is 2.44. The van der Waals surface area contributed by atoms with Gasteiger partial charge in [-0.05, 0) is 68.0 Å². The van der Waals surface area contributed by atoms with E-state index in [0.717, 1.165) is 30.1 Å². The van der Waals surface area contributed by atoms with Crippen molar-refractivity contribution in [1.82, 2.24) is 5.06 Å². The van der Waals surface area contributed by atoms with Crippen molar-refractivity contribution in [3.05, 3.63) is 0 Å². The molecule has 180 valence electrons. The van der Waals surface area contributed by atoms with E-state index in [1.165, 1.54) is 23.9 Å². The lowest BCUT2D eigenvalue weighted by atomic mass is 9.72. The number of carbonyl (C=O) groups is 3. The third kappa shape index (κ3) is 8.84. The minimum atomic E-state index is -0.804. The van der Waals surface area contributed by atoms with Crippen LogP contribution >= 0.6 is 35.3 Å². The van der Waals surface area contributed by atoms with Gasteiger partial charge in [0.1, 0.15) is 0 Å². The molecule has 0 radical (unpaired) electrons. The quantitative estimate of drug-likeness (QED) is 0.211. The second-order valence-corrected chi connectivity index (χ2v) is 13.4. The number of imide groups is 1. The zero-order chi connectivity index (χ0) is 23.7. The van der Waals surface area contributed by atoms with Crippen molar-refractivity contribution in [3.63, 3.8) is 0 Å². The molecule has 2 atom stereocenters. The summed E-state index contributed by atoms with van der Waals surface area (Å²) in [4.78, 5) is 43.0. The van der Waals surface area contributed by atoms with Crippen LogP contribution in [-0.2, 0) is 19.2 Å². The van der Waals surface area contributed by atoms with E-state index in [4.69, 9.17) is 4.84 Å². The van der Waals surface area contributed by atoms with Crippen LogP contribution in [0.3, 0.4) is 0 Å². The molecule has 8 heteroatoms. The first-order chi connectivity index (χ1) is 14.5. The predicted molar refractivity (Wildman–Crippen MR) is 135 cm³/mol. The lowest BCUT2D eigenvalue weighted by molar-refractivity contribution is -0.205. The van der Waals surface area contributed by atoms with Crippen LogP contribution in [-0.4, -0.2) is 56.4 Å². The number of hydroxylamine groups is 2. The Balaban J connectivity index is 2.81. The Morgan fingerprint density at radius 2 is 1.74 bits per heavy atom. The molecule has 0 aliphatic carbocycles. The minimum Gasteiger partial charge on any atom is -0.330 e. The number of rotatable bonds is 15. The van der Waals surface area contributed by atoms with Gasteiger partial charge in [0.2, 0.25) is 0 Å². The molecule has 31 heavy (non-hydrogen) atoms. The van der Waals surface area contributed by atoms with Crippen molar-refractivity contribution in [1.29, 1.82) is 0 Å². The zero-order valence-corrected chi connectivity index (χ0v) is 22.8. The van der Waals surface area contributed by atoms with Crippen LogP contribution in [0, 0.1) is 10.8 Å². The predicted octanol–water partition coefficient (Wildman–Crippen LogP) is 5.81. The third-order valence-corrected chi connectivity index (χ3v) is 9.57. The number of nitrogens with zero attached hydrogens (tertiary/aromatic N) is 1. The number of amides is 2. The number of thioether (sulfide) groups is 3. The smallest absolute Gasteiger partial charge is 0.330 e. The maximum atomic E-state index is 13.0. The Hall–Kier alpha value is -0.340. The van der Waals surface area contributed by atoms with E-state index in [2.05, 4.69) is 27.7 Å². The van der Waals surface area contributed by atoms with Crippen LogP contribution in [0.2, 0.25) is 0 Å². The normalized spacial score (nSPS) is 18.5. The van der Waals surface area contributed by atoms with Crippen LogP contribution in [0.5, 0.6) is 0 Å². The van der Waals surface area contributed by atoms with Gasteiger partial charge in [0.15, 0.2) is 0 Å². The summed E-state index contributed by atoms with van der Waals surface area (Å²) in [6.45, 7) is 14.5. The highest BCUT2D eigenvalue weighted by atomic mass is 32.2. The average molecular weight is 492 g/mol. The molecule has 1 heterocycles. The molecule has 1 fully saturated rings. The molecule has 2 amide bonds. The van der Waals surface area contributed by atoms with Gasteiger partial charge < -0.3 is 4.84 Å². The van der Waals surface area contributed by atoms with Crippen molar-refractivity contribution < 1.29 is 19.2 Å². The molecule has 0 aromatic carbocycles. The van der Waals surface area contributed by atoms with Crippen molar-refractivity contribution in [2.75, 3.05) is 23.0 Å². The second-order valence-electron chi connectivity index (χ2n) is 9.36. The molecule has 5 nitrogen and oxygen atoms in total. The van der Waals surface area contributed by atoms with E-state index in [1.807, 2.05) is 44.3 Å². The summed E-state index contributed by atoms with van der Waals surface area (Å²) in [5.74, 6) is 2.79. The van der Waals surface area contributed by atoms with Gasteiger partial charge in [0.25, 0.3) is 11.8 Å². The molecule has 1 rings (SSSR count). The molecule has 1 saturated heterocycles. The average Bonchev–Trinajstić information content (AvgIpc) is 2.94. The largest absolute Gasteiger partial charge is 0.338 e. The molecule has 1 aliphatic rings. The first kappa shape index (κ1) is 28.7. The Morgan fingerprint density at radius 1 is 1.10 bits per heavy atom. The van der Waals surface area contributed by atoms with Crippen LogP contribution in [0.1, 0.15) is 80.6 Å². The van der Waals surface area contributed by atoms with Crippen LogP contribution < -0.4 is 0 Å². The number of hydrogen-bond donors (Lipinski definition) is 0. The summed E-state index contributed by atoms with van der Waals surface area (Å²) in [6, 6.07) is 0. The Bertz CT molecular complexity index is 610. The molecule has 0 bridgehead atoms. The molecule has 2 unspecified atom stereocenters. The first-order valence-electron chi connectivity index (χ1n) is 11.4. The van der Waals surface area contributed by atoms with Crippen LogP contribution in [0.25, 0.3) is 0 Å². The van der Waals surface area contributed by atoms with Crippen molar-refractivity contribution in [3.8, 4) is 0 Å². The van der Waals surface area contributed by atoms with Gasteiger partial charge in [-0.3, -0.25) is 9.59 Å². The van der Waals surface area contributed by atoms with Gasteiger partial charge in [-0.15, -0.1) is 16.8 Å². The molecule has 0 saturated carbocycles. The van der Waals surface area contributed by atoms with E-state index < -0.39 is 28.4 Å². The third-order valence-electron chi connectivity index (χ3n) is 5.32. The van der Waals surface area contributed by atoms with Gasteiger partial charge in [0.05, 0.1) is 17.1 Å². The maximum absolute atomic E-state index is 13.0. The Labute approximate surface area is 201 Å². The standard InChI is InChI=1S/C23H41NO4S3/c1-8-12-29-14-11-18(31-13-9-2)22(4,5)16-23(6,7)21(27)28-24-19(25)15-17(20(24)26)30-10-3/h17-18H,8-16H2,1-7H3. The summed E-state index contributed by atoms with van der Waals surface area (Å²) in [6.07, 6.45) is 4.14.